The molecule has 1 fully saturated rings. The van der Waals surface area contributed by atoms with E-state index in [-0.39, 0.29) is 5.91 Å². The molecule has 0 aromatic heterocycles. The van der Waals surface area contributed by atoms with E-state index >= 15 is 0 Å². The van der Waals surface area contributed by atoms with Crippen molar-refractivity contribution in [2.24, 2.45) is 5.10 Å². The van der Waals surface area contributed by atoms with E-state index in [9.17, 15) is 4.79 Å². The molecule has 0 radical (unpaired) electrons. The number of nitrogens with zero attached hydrogens (tertiary/aromatic N) is 3. The smallest absolute Gasteiger partial charge is 0.241 e. The lowest BCUT2D eigenvalue weighted by molar-refractivity contribution is -0.121. The Bertz CT molecular complexity index is 841. The highest BCUT2D eigenvalue weighted by Gasteiger charge is 2.18. The number of anilines is 1. The van der Waals surface area contributed by atoms with Crippen LogP contribution in [-0.4, -0.2) is 49.2 Å². The van der Waals surface area contributed by atoms with E-state index in [1.807, 2.05) is 0 Å². The van der Waals surface area contributed by atoms with Crippen molar-refractivity contribution < 1.29 is 4.79 Å². The standard InChI is InChI=1S/C24H30N4O/c29-24(26-25-23-13-7-5-9-20-8-4-6-12-22(20)23)14-15-27-16-18-28(19-17-27)21-10-2-1-3-11-21/h1-4,6,8,10-12H,5,7,9,13-19H2,(H,26,29). The number of benzene rings is 2. The number of carbonyl (C=O) groups excluding carboxylic acids is 1. The molecule has 5 nitrogen and oxygen atoms in total. The largest absolute Gasteiger partial charge is 0.369 e. The third-order valence-corrected chi connectivity index (χ3v) is 5.90. The van der Waals surface area contributed by atoms with Crippen molar-refractivity contribution in [1.29, 1.82) is 0 Å². The maximum Gasteiger partial charge on any atom is 0.241 e. The van der Waals surface area contributed by atoms with Gasteiger partial charge in [-0.05, 0) is 43.4 Å². The second-order valence-corrected chi connectivity index (χ2v) is 7.87. The van der Waals surface area contributed by atoms with Gasteiger partial charge in [0.15, 0.2) is 0 Å². The van der Waals surface area contributed by atoms with Crippen LogP contribution in [0.15, 0.2) is 59.7 Å². The zero-order valence-corrected chi connectivity index (χ0v) is 17.0. The van der Waals surface area contributed by atoms with Gasteiger partial charge in [0, 0.05) is 50.4 Å². The summed E-state index contributed by atoms with van der Waals surface area (Å²) in [4.78, 5) is 17.1. The molecule has 0 atom stereocenters. The number of fused-ring (bicyclic) bond motifs is 1. The van der Waals surface area contributed by atoms with Crippen LogP contribution >= 0.6 is 0 Å². The van der Waals surface area contributed by atoms with Crippen LogP contribution in [0.2, 0.25) is 0 Å². The van der Waals surface area contributed by atoms with Crippen molar-refractivity contribution in [3.63, 3.8) is 0 Å². The minimum absolute atomic E-state index is 0.00437. The molecule has 0 unspecified atom stereocenters. The fourth-order valence-electron chi connectivity index (χ4n) is 4.19. The predicted octanol–water partition coefficient (Wildman–Crippen LogP) is 3.45. The first-order valence-electron chi connectivity index (χ1n) is 10.8. The predicted molar refractivity (Wildman–Crippen MR) is 118 cm³/mol. The zero-order valence-electron chi connectivity index (χ0n) is 17.0. The number of piperazine rings is 1. The summed E-state index contributed by atoms with van der Waals surface area (Å²) in [6, 6.07) is 19.0. The van der Waals surface area contributed by atoms with Gasteiger partial charge >= 0.3 is 0 Å². The van der Waals surface area contributed by atoms with Crippen LogP contribution in [0.4, 0.5) is 5.69 Å². The molecule has 1 N–H and O–H groups in total. The molecule has 1 aliphatic heterocycles. The van der Waals surface area contributed by atoms with Gasteiger partial charge in [-0.25, -0.2) is 5.43 Å². The van der Waals surface area contributed by atoms with Gasteiger partial charge in [0.1, 0.15) is 0 Å². The number of hydrogen-bond donors (Lipinski definition) is 1. The van der Waals surface area contributed by atoms with Crippen LogP contribution in [0.3, 0.4) is 0 Å². The van der Waals surface area contributed by atoms with E-state index in [0.29, 0.717) is 6.42 Å². The fraction of sp³-hybridized carbons (Fsp3) is 0.417. The number of para-hydroxylation sites is 1. The molecule has 0 spiro atoms. The van der Waals surface area contributed by atoms with E-state index in [1.165, 1.54) is 23.2 Å². The van der Waals surface area contributed by atoms with Gasteiger partial charge in [0.05, 0.1) is 5.71 Å². The van der Waals surface area contributed by atoms with Crippen molar-refractivity contribution in [2.45, 2.75) is 32.1 Å². The maximum atomic E-state index is 12.4. The van der Waals surface area contributed by atoms with E-state index in [1.54, 1.807) is 0 Å². The van der Waals surface area contributed by atoms with Gasteiger partial charge < -0.3 is 4.90 Å². The third kappa shape index (κ3) is 5.24. The Morgan fingerprint density at radius 1 is 0.897 bits per heavy atom. The molecule has 2 aromatic carbocycles. The molecular formula is C24H30N4O. The summed E-state index contributed by atoms with van der Waals surface area (Å²) >= 11 is 0. The molecule has 152 valence electrons. The van der Waals surface area contributed by atoms with Crippen LogP contribution < -0.4 is 10.3 Å². The van der Waals surface area contributed by atoms with Gasteiger partial charge in [-0.15, -0.1) is 0 Å². The first-order valence-corrected chi connectivity index (χ1v) is 10.8. The Morgan fingerprint density at radius 2 is 1.62 bits per heavy atom. The number of nitrogens with one attached hydrogen (secondary N) is 1. The molecule has 0 bridgehead atoms. The average Bonchev–Trinajstić information content (AvgIpc) is 2.99. The van der Waals surface area contributed by atoms with Crippen molar-refractivity contribution in [3.8, 4) is 0 Å². The van der Waals surface area contributed by atoms with Crippen molar-refractivity contribution in [1.82, 2.24) is 10.3 Å². The highest BCUT2D eigenvalue weighted by atomic mass is 16.2. The number of amides is 1. The Balaban J connectivity index is 1.24. The van der Waals surface area contributed by atoms with Crippen LogP contribution in [0, 0.1) is 0 Å². The van der Waals surface area contributed by atoms with Crippen LogP contribution in [0.5, 0.6) is 0 Å². The van der Waals surface area contributed by atoms with Crippen molar-refractivity contribution >= 4 is 17.3 Å². The summed E-state index contributed by atoms with van der Waals surface area (Å²) in [5.74, 6) is 0.00437. The molecule has 1 heterocycles. The molecule has 1 saturated heterocycles. The number of hydrogen-bond acceptors (Lipinski definition) is 4. The molecule has 4 rings (SSSR count). The van der Waals surface area contributed by atoms with Gasteiger partial charge in [0.2, 0.25) is 5.91 Å². The number of rotatable bonds is 5. The summed E-state index contributed by atoms with van der Waals surface area (Å²) in [5.41, 5.74) is 7.64. The molecular weight excluding hydrogens is 360 g/mol. The normalized spacial score (nSPS) is 18.9. The number of aryl methyl sites for hydroxylation is 1. The molecule has 2 aromatic rings. The average molecular weight is 391 g/mol. The minimum atomic E-state index is 0.00437. The molecule has 2 aliphatic rings. The van der Waals surface area contributed by atoms with E-state index < -0.39 is 0 Å². The lowest BCUT2D eigenvalue weighted by Crippen LogP contribution is -2.47. The quantitative estimate of drug-likeness (QED) is 0.628. The van der Waals surface area contributed by atoms with Gasteiger partial charge in [-0.1, -0.05) is 42.5 Å². The highest BCUT2D eigenvalue weighted by molar-refractivity contribution is 6.02. The van der Waals surface area contributed by atoms with Crippen LogP contribution in [0.25, 0.3) is 0 Å². The monoisotopic (exact) mass is 390 g/mol. The number of carbonyl (C=O) groups is 1. The minimum Gasteiger partial charge on any atom is -0.369 e. The summed E-state index contributed by atoms with van der Waals surface area (Å²) in [7, 11) is 0. The molecule has 0 saturated carbocycles. The third-order valence-electron chi connectivity index (χ3n) is 5.90. The molecule has 1 aliphatic carbocycles. The Labute approximate surface area is 173 Å². The first-order chi connectivity index (χ1) is 14.3. The number of hydrazone groups is 1. The van der Waals surface area contributed by atoms with Gasteiger partial charge in [-0.2, -0.15) is 5.10 Å². The van der Waals surface area contributed by atoms with Crippen molar-refractivity contribution in [3.05, 3.63) is 65.7 Å². The lowest BCUT2D eigenvalue weighted by Gasteiger charge is -2.36. The first kappa shape index (κ1) is 19.6. The second kappa shape index (κ2) is 9.70. The highest BCUT2D eigenvalue weighted by Crippen LogP contribution is 2.20. The fourth-order valence-corrected chi connectivity index (χ4v) is 4.19. The summed E-state index contributed by atoms with van der Waals surface area (Å²) in [6.45, 7) is 4.78. The summed E-state index contributed by atoms with van der Waals surface area (Å²) < 4.78 is 0. The summed E-state index contributed by atoms with van der Waals surface area (Å²) in [5, 5.41) is 4.49. The second-order valence-electron chi connectivity index (χ2n) is 7.87. The Kier molecular flexibility index (Phi) is 6.57. The Hall–Kier alpha value is -2.66. The van der Waals surface area contributed by atoms with E-state index in [4.69, 9.17) is 0 Å². The molecule has 29 heavy (non-hydrogen) atoms. The summed E-state index contributed by atoms with van der Waals surface area (Å²) in [6.07, 6.45) is 4.81. The van der Waals surface area contributed by atoms with Crippen molar-refractivity contribution in [2.75, 3.05) is 37.6 Å². The lowest BCUT2D eigenvalue weighted by atomic mass is 10.0. The molecule has 5 heteroatoms. The topological polar surface area (TPSA) is 47.9 Å². The van der Waals surface area contributed by atoms with Gasteiger partial charge in [0.25, 0.3) is 0 Å². The van der Waals surface area contributed by atoms with E-state index in [2.05, 4.69) is 74.9 Å². The zero-order chi connectivity index (χ0) is 19.9. The maximum absolute atomic E-state index is 12.4. The van der Waals surface area contributed by atoms with Crippen LogP contribution in [0.1, 0.15) is 36.8 Å². The SMILES string of the molecule is O=C(CCN1CCN(c2ccccc2)CC1)NN=C1CCCCc2ccccc21. The Morgan fingerprint density at radius 3 is 2.45 bits per heavy atom. The molecule has 1 amide bonds. The van der Waals surface area contributed by atoms with Crippen LogP contribution in [-0.2, 0) is 11.2 Å². The van der Waals surface area contributed by atoms with Gasteiger partial charge in [-0.3, -0.25) is 9.69 Å². The van der Waals surface area contributed by atoms with E-state index in [0.717, 1.165) is 57.7 Å².